The molecular formula is C18H17N3O. The first-order valence-corrected chi connectivity index (χ1v) is 7.64. The van der Waals surface area contributed by atoms with Crippen LogP contribution in [0.2, 0.25) is 0 Å². The van der Waals surface area contributed by atoms with Gasteiger partial charge in [0.2, 0.25) is 0 Å². The van der Waals surface area contributed by atoms with Crippen molar-refractivity contribution in [2.45, 2.75) is 25.3 Å². The molecule has 1 atom stereocenters. The van der Waals surface area contributed by atoms with Gasteiger partial charge in [0.1, 0.15) is 5.69 Å². The molecule has 1 amide bonds. The molecule has 0 aliphatic heterocycles. The molecule has 0 fully saturated rings. The predicted octanol–water partition coefficient (Wildman–Crippen LogP) is 3.37. The summed E-state index contributed by atoms with van der Waals surface area (Å²) in [5.74, 6) is -0.114. The Balaban J connectivity index is 1.66. The van der Waals surface area contributed by atoms with E-state index < -0.39 is 0 Å². The lowest BCUT2D eigenvalue weighted by molar-refractivity contribution is 0.0927. The fourth-order valence-electron chi connectivity index (χ4n) is 3.29. The van der Waals surface area contributed by atoms with Gasteiger partial charge in [-0.3, -0.25) is 9.78 Å². The minimum absolute atomic E-state index is 0.0330. The van der Waals surface area contributed by atoms with E-state index in [9.17, 15) is 4.79 Å². The van der Waals surface area contributed by atoms with E-state index in [1.54, 1.807) is 12.3 Å². The summed E-state index contributed by atoms with van der Waals surface area (Å²) in [4.78, 5) is 20.0. The zero-order valence-corrected chi connectivity index (χ0v) is 12.2. The van der Waals surface area contributed by atoms with Crippen LogP contribution in [-0.4, -0.2) is 15.9 Å². The van der Waals surface area contributed by atoms with Crippen molar-refractivity contribution in [1.29, 1.82) is 0 Å². The lowest BCUT2D eigenvalue weighted by atomic mass is 9.91. The number of amides is 1. The molecule has 2 heterocycles. The second-order valence-corrected chi connectivity index (χ2v) is 5.70. The van der Waals surface area contributed by atoms with Crippen LogP contribution in [0.3, 0.4) is 0 Å². The standard InChI is InChI=1S/C18H17N3O/c22-18(16-9-3-4-11-19-16)21-15-10-5-7-13-12-6-1-2-8-14(12)20-17(13)15/h1-4,6,8-9,11,15,20H,5,7,10H2,(H,21,22)/t15-/m0/s1. The van der Waals surface area contributed by atoms with E-state index in [-0.39, 0.29) is 11.9 Å². The van der Waals surface area contributed by atoms with Gasteiger partial charge in [-0.15, -0.1) is 0 Å². The molecule has 3 aromatic rings. The molecular weight excluding hydrogens is 274 g/mol. The van der Waals surface area contributed by atoms with Crippen molar-refractivity contribution in [3.63, 3.8) is 0 Å². The number of nitrogens with zero attached hydrogens (tertiary/aromatic N) is 1. The Morgan fingerprint density at radius 3 is 2.91 bits per heavy atom. The van der Waals surface area contributed by atoms with E-state index in [1.807, 2.05) is 18.2 Å². The minimum Gasteiger partial charge on any atom is -0.356 e. The Kier molecular flexibility index (Phi) is 3.15. The second kappa shape index (κ2) is 5.30. The number of hydrogen-bond donors (Lipinski definition) is 2. The van der Waals surface area contributed by atoms with Crippen molar-refractivity contribution in [2.75, 3.05) is 0 Å². The summed E-state index contributed by atoms with van der Waals surface area (Å²) in [6.07, 6.45) is 4.75. The number of hydrogen-bond acceptors (Lipinski definition) is 2. The predicted molar refractivity (Wildman–Crippen MR) is 85.7 cm³/mol. The molecule has 110 valence electrons. The zero-order valence-electron chi connectivity index (χ0n) is 12.2. The van der Waals surface area contributed by atoms with Crippen molar-refractivity contribution in [1.82, 2.24) is 15.3 Å². The maximum Gasteiger partial charge on any atom is 0.270 e. The Bertz CT molecular complexity index is 823. The van der Waals surface area contributed by atoms with Crippen LogP contribution < -0.4 is 5.32 Å². The molecule has 2 aromatic heterocycles. The smallest absolute Gasteiger partial charge is 0.270 e. The van der Waals surface area contributed by atoms with Gasteiger partial charge >= 0.3 is 0 Å². The summed E-state index contributed by atoms with van der Waals surface area (Å²) >= 11 is 0. The van der Waals surface area contributed by atoms with Gasteiger partial charge < -0.3 is 10.3 Å². The summed E-state index contributed by atoms with van der Waals surface area (Å²) in [7, 11) is 0. The quantitative estimate of drug-likeness (QED) is 0.760. The molecule has 1 aliphatic carbocycles. The first-order valence-electron chi connectivity index (χ1n) is 7.64. The minimum atomic E-state index is -0.114. The molecule has 4 heteroatoms. The average Bonchev–Trinajstić information content (AvgIpc) is 2.95. The van der Waals surface area contributed by atoms with E-state index in [0.29, 0.717) is 5.69 Å². The van der Waals surface area contributed by atoms with E-state index in [2.05, 4.69) is 33.5 Å². The van der Waals surface area contributed by atoms with Crippen molar-refractivity contribution in [3.05, 3.63) is 65.6 Å². The SMILES string of the molecule is O=C(N[C@H]1CCCc2c1[nH]c1ccccc21)c1ccccn1. The average molecular weight is 291 g/mol. The van der Waals surface area contributed by atoms with Gasteiger partial charge in [0.05, 0.1) is 6.04 Å². The molecule has 1 aliphatic rings. The molecule has 4 rings (SSSR count). The fourth-order valence-corrected chi connectivity index (χ4v) is 3.29. The number of aromatic amines is 1. The summed E-state index contributed by atoms with van der Waals surface area (Å²) < 4.78 is 0. The van der Waals surface area contributed by atoms with Crippen LogP contribution in [-0.2, 0) is 6.42 Å². The molecule has 0 bridgehead atoms. The van der Waals surface area contributed by atoms with Crippen molar-refractivity contribution >= 4 is 16.8 Å². The summed E-state index contributed by atoms with van der Waals surface area (Å²) in [6, 6.07) is 13.7. The van der Waals surface area contributed by atoms with Crippen LogP contribution in [0.25, 0.3) is 10.9 Å². The Hall–Kier alpha value is -2.62. The first-order chi connectivity index (χ1) is 10.8. The summed E-state index contributed by atoms with van der Waals surface area (Å²) in [6.45, 7) is 0. The number of nitrogens with one attached hydrogen (secondary N) is 2. The summed E-state index contributed by atoms with van der Waals surface area (Å²) in [5.41, 5.74) is 4.10. The number of rotatable bonds is 2. The molecule has 0 spiro atoms. The number of benzene rings is 1. The van der Waals surface area contributed by atoms with Gasteiger partial charge in [0, 0.05) is 22.8 Å². The Morgan fingerprint density at radius 1 is 1.18 bits per heavy atom. The zero-order chi connectivity index (χ0) is 14.9. The van der Waals surface area contributed by atoms with Crippen LogP contribution in [0.5, 0.6) is 0 Å². The van der Waals surface area contributed by atoms with E-state index >= 15 is 0 Å². The third-order valence-corrected chi connectivity index (χ3v) is 4.32. The lowest BCUT2D eigenvalue weighted by Crippen LogP contribution is -2.31. The number of para-hydroxylation sites is 1. The van der Waals surface area contributed by atoms with Crippen LogP contribution in [0, 0.1) is 0 Å². The molecule has 2 N–H and O–H groups in total. The highest BCUT2D eigenvalue weighted by atomic mass is 16.1. The van der Waals surface area contributed by atoms with Crippen molar-refractivity contribution in [2.24, 2.45) is 0 Å². The number of aryl methyl sites for hydroxylation is 1. The lowest BCUT2D eigenvalue weighted by Gasteiger charge is -2.23. The third kappa shape index (κ3) is 2.17. The van der Waals surface area contributed by atoms with Gasteiger partial charge in [-0.05, 0) is 43.0 Å². The second-order valence-electron chi connectivity index (χ2n) is 5.70. The molecule has 0 radical (unpaired) electrons. The van der Waals surface area contributed by atoms with Crippen LogP contribution >= 0.6 is 0 Å². The Labute approximate surface area is 128 Å². The van der Waals surface area contributed by atoms with Gasteiger partial charge in [0.15, 0.2) is 0 Å². The Morgan fingerprint density at radius 2 is 2.05 bits per heavy atom. The van der Waals surface area contributed by atoms with E-state index in [4.69, 9.17) is 0 Å². The maximum absolute atomic E-state index is 12.4. The topological polar surface area (TPSA) is 57.8 Å². The number of carbonyl (C=O) groups excluding carboxylic acids is 1. The van der Waals surface area contributed by atoms with Gasteiger partial charge in [-0.25, -0.2) is 0 Å². The van der Waals surface area contributed by atoms with Crippen LogP contribution in [0.1, 0.15) is 40.6 Å². The molecule has 22 heavy (non-hydrogen) atoms. The van der Waals surface area contributed by atoms with Crippen LogP contribution in [0.4, 0.5) is 0 Å². The molecule has 0 unspecified atom stereocenters. The first kappa shape index (κ1) is 13.1. The number of pyridine rings is 1. The fraction of sp³-hybridized carbons (Fsp3) is 0.222. The van der Waals surface area contributed by atoms with Crippen LogP contribution in [0.15, 0.2) is 48.7 Å². The number of H-pyrrole nitrogens is 1. The molecule has 0 saturated heterocycles. The number of aromatic nitrogens is 2. The number of fused-ring (bicyclic) bond motifs is 3. The molecule has 4 nitrogen and oxygen atoms in total. The van der Waals surface area contributed by atoms with Gasteiger partial charge in [0.25, 0.3) is 5.91 Å². The molecule has 0 saturated carbocycles. The highest BCUT2D eigenvalue weighted by Gasteiger charge is 2.25. The summed E-state index contributed by atoms with van der Waals surface area (Å²) in [5, 5.41) is 4.39. The largest absolute Gasteiger partial charge is 0.356 e. The highest BCUT2D eigenvalue weighted by molar-refractivity contribution is 5.93. The van der Waals surface area contributed by atoms with E-state index in [1.165, 1.54) is 10.9 Å². The van der Waals surface area contributed by atoms with Crippen molar-refractivity contribution < 1.29 is 4.79 Å². The third-order valence-electron chi connectivity index (χ3n) is 4.32. The highest BCUT2D eigenvalue weighted by Crippen LogP contribution is 2.34. The van der Waals surface area contributed by atoms with E-state index in [0.717, 1.165) is 30.5 Å². The monoisotopic (exact) mass is 291 g/mol. The molecule has 1 aromatic carbocycles. The van der Waals surface area contributed by atoms with Gasteiger partial charge in [-0.2, -0.15) is 0 Å². The van der Waals surface area contributed by atoms with Crippen molar-refractivity contribution in [3.8, 4) is 0 Å². The van der Waals surface area contributed by atoms with Gasteiger partial charge in [-0.1, -0.05) is 24.3 Å². The number of carbonyl (C=O) groups is 1. The normalized spacial score (nSPS) is 17.2. The maximum atomic E-state index is 12.4.